The highest BCUT2D eigenvalue weighted by molar-refractivity contribution is 5.86. The Labute approximate surface area is 217 Å². The molecule has 0 spiro atoms. The molecule has 1 aromatic rings. The van der Waals surface area contributed by atoms with Crippen molar-refractivity contribution in [3.05, 3.63) is 77.6 Å². The zero-order valence-corrected chi connectivity index (χ0v) is 22.4. The van der Waals surface area contributed by atoms with Gasteiger partial charge in [0.2, 0.25) is 5.91 Å². The van der Waals surface area contributed by atoms with Crippen molar-refractivity contribution < 1.29 is 10.0 Å². The van der Waals surface area contributed by atoms with Crippen LogP contribution in [0.4, 0.5) is 5.69 Å². The summed E-state index contributed by atoms with van der Waals surface area (Å²) in [4.78, 5) is 16.0. The van der Waals surface area contributed by atoms with Gasteiger partial charge in [0, 0.05) is 11.4 Å². The molecule has 1 atom stereocenters. The van der Waals surface area contributed by atoms with Gasteiger partial charge >= 0.3 is 0 Å². The highest BCUT2D eigenvalue weighted by Crippen LogP contribution is 2.17. The summed E-state index contributed by atoms with van der Waals surface area (Å²) in [6.45, 7) is 14.6. The van der Waals surface area contributed by atoms with E-state index in [0.717, 1.165) is 60.2 Å². The average Bonchev–Trinajstić information content (AvgIpc) is 3.17. The van der Waals surface area contributed by atoms with E-state index >= 15 is 0 Å². The van der Waals surface area contributed by atoms with E-state index in [9.17, 15) is 10.0 Å². The maximum absolute atomic E-state index is 12.0. The summed E-state index contributed by atoms with van der Waals surface area (Å²) >= 11 is 0. The number of hydroxylamine groups is 1. The van der Waals surface area contributed by atoms with Crippen molar-refractivity contribution >= 4 is 24.7 Å². The Bertz CT molecular complexity index is 875. The molecule has 200 valence electrons. The quantitative estimate of drug-likeness (QED) is 0.0908. The largest absolute Gasteiger partial charge is 0.398 e. The number of nitrogen functional groups attached to an aromatic ring is 1. The molecular formula is C28H46N6O2. The van der Waals surface area contributed by atoms with E-state index in [1.165, 1.54) is 6.34 Å². The van der Waals surface area contributed by atoms with Crippen LogP contribution in [0.3, 0.4) is 0 Å². The number of hydrogen-bond donors (Lipinski definition) is 6. The summed E-state index contributed by atoms with van der Waals surface area (Å²) in [5.74, 6) is -0.215. The van der Waals surface area contributed by atoms with Crippen LogP contribution in [0.25, 0.3) is 0 Å². The van der Waals surface area contributed by atoms with Crippen molar-refractivity contribution in [2.75, 3.05) is 5.73 Å². The number of allylic oxidation sites excluding steroid dienone is 6. The van der Waals surface area contributed by atoms with Gasteiger partial charge in [-0.2, -0.15) is 5.48 Å². The number of rotatable bonds is 9. The lowest BCUT2D eigenvalue weighted by atomic mass is 10.0. The molecule has 0 aliphatic heterocycles. The van der Waals surface area contributed by atoms with Gasteiger partial charge in [0.1, 0.15) is 6.04 Å². The SMILES string of the molecule is C=CCc1cc(CN=CN)ccc1N.C=N.CC.CC/C=C(\C)NC(=O)C(NO)C1=CCC=CCC1. The summed E-state index contributed by atoms with van der Waals surface area (Å²) in [5.41, 5.74) is 17.8. The van der Waals surface area contributed by atoms with Crippen molar-refractivity contribution in [1.82, 2.24) is 10.8 Å². The fourth-order valence-corrected chi connectivity index (χ4v) is 3.23. The molecule has 2 rings (SSSR count). The molecule has 1 aliphatic rings. The Balaban J connectivity index is 0. The van der Waals surface area contributed by atoms with Gasteiger partial charge in [-0.3, -0.25) is 9.79 Å². The van der Waals surface area contributed by atoms with Crippen LogP contribution in [0.15, 0.2) is 71.4 Å². The lowest BCUT2D eigenvalue weighted by molar-refractivity contribution is -0.123. The Morgan fingerprint density at radius 3 is 2.58 bits per heavy atom. The first-order chi connectivity index (χ1) is 17.5. The second-order valence-electron chi connectivity index (χ2n) is 7.39. The van der Waals surface area contributed by atoms with E-state index < -0.39 is 6.04 Å². The zero-order chi connectivity index (χ0) is 27.8. The molecule has 0 aromatic heterocycles. The number of nitrogens with one attached hydrogen (secondary N) is 3. The predicted molar refractivity (Wildman–Crippen MR) is 154 cm³/mol. The maximum atomic E-state index is 12.0. The standard InChI is InChI=1S/C14H22N2O2.C11H15N3.C2H6.CH3N/c1-3-8-11(2)15-14(17)13(16-18)12-9-6-4-5-7-10-12;1-2-3-10-6-9(7-14-8-12)4-5-11(10)13;2*1-2/h4-5,8-9,13,16,18H,3,6-7,10H2,1-2H3,(H,15,17);2,4-6,8H,1,3,7,13H2,(H2,12,14);1-2H3;2H,1H2/b11-8+;;;. The molecule has 0 saturated heterocycles. The molecule has 1 aliphatic carbocycles. The predicted octanol–water partition coefficient (Wildman–Crippen LogP) is 5.21. The first kappa shape index (κ1) is 34.7. The summed E-state index contributed by atoms with van der Waals surface area (Å²) in [6, 6.07) is 5.21. The Hall–Kier alpha value is -3.49. The van der Waals surface area contributed by atoms with E-state index in [4.69, 9.17) is 16.9 Å². The minimum atomic E-state index is -0.662. The van der Waals surface area contributed by atoms with Crippen LogP contribution in [0.2, 0.25) is 0 Å². The van der Waals surface area contributed by atoms with Gasteiger partial charge < -0.3 is 27.4 Å². The molecule has 1 aromatic carbocycles. The average molecular weight is 499 g/mol. The van der Waals surface area contributed by atoms with Gasteiger partial charge in [0.05, 0.1) is 12.9 Å². The lowest BCUT2D eigenvalue weighted by Crippen LogP contribution is -2.43. The number of hydrogen-bond acceptors (Lipinski definition) is 6. The molecule has 1 amide bonds. The van der Waals surface area contributed by atoms with E-state index in [0.29, 0.717) is 6.54 Å². The van der Waals surface area contributed by atoms with Crippen LogP contribution in [-0.2, 0) is 17.8 Å². The van der Waals surface area contributed by atoms with Gasteiger partial charge in [0.25, 0.3) is 0 Å². The van der Waals surface area contributed by atoms with Crippen LogP contribution >= 0.6 is 0 Å². The Morgan fingerprint density at radius 2 is 2.00 bits per heavy atom. The minimum Gasteiger partial charge on any atom is -0.398 e. The van der Waals surface area contributed by atoms with Crippen LogP contribution in [0.1, 0.15) is 64.5 Å². The van der Waals surface area contributed by atoms with Crippen molar-refractivity contribution in [3.8, 4) is 0 Å². The van der Waals surface area contributed by atoms with E-state index in [-0.39, 0.29) is 5.91 Å². The fourth-order valence-electron chi connectivity index (χ4n) is 3.23. The van der Waals surface area contributed by atoms with Crippen LogP contribution in [0.5, 0.6) is 0 Å². The summed E-state index contributed by atoms with van der Waals surface area (Å²) in [6.07, 6.45) is 15.4. The fraction of sp³-hybridized carbons (Fsp3) is 0.393. The lowest BCUT2D eigenvalue weighted by Gasteiger charge is -2.18. The number of nitrogens with two attached hydrogens (primary N) is 2. The molecule has 8 heteroatoms. The van der Waals surface area contributed by atoms with Crippen molar-refractivity contribution in [1.29, 1.82) is 5.41 Å². The van der Waals surface area contributed by atoms with Gasteiger partial charge in [-0.1, -0.05) is 63.3 Å². The minimum absolute atomic E-state index is 0.215. The Kier molecular flexibility index (Phi) is 22.4. The van der Waals surface area contributed by atoms with E-state index in [2.05, 4.69) is 41.2 Å². The van der Waals surface area contributed by atoms with Gasteiger partial charge in [0.15, 0.2) is 0 Å². The topological polar surface area (TPSA) is 150 Å². The summed E-state index contributed by atoms with van der Waals surface area (Å²) in [7, 11) is 0. The second-order valence-corrected chi connectivity index (χ2v) is 7.39. The number of benzene rings is 1. The van der Waals surface area contributed by atoms with Gasteiger partial charge in [-0.05, 0) is 68.5 Å². The van der Waals surface area contributed by atoms with Crippen LogP contribution in [-0.4, -0.2) is 30.2 Å². The van der Waals surface area contributed by atoms with Gasteiger partial charge in [-0.15, -0.1) is 6.58 Å². The molecule has 0 heterocycles. The van der Waals surface area contributed by atoms with Crippen LogP contribution in [0, 0.1) is 5.41 Å². The third kappa shape index (κ3) is 14.7. The van der Waals surface area contributed by atoms with Crippen molar-refractivity contribution in [3.63, 3.8) is 0 Å². The van der Waals surface area contributed by atoms with Crippen molar-refractivity contribution in [2.24, 2.45) is 10.7 Å². The monoisotopic (exact) mass is 498 g/mol. The maximum Gasteiger partial charge on any atom is 0.247 e. The van der Waals surface area contributed by atoms with Gasteiger partial charge in [-0.25, -0.2) is 0 Å². The van der Waals surface area contributed by atoms with E-state index in [1.807, 2.05) is 64.1 Å². The second kappa shape index (κ2) is 23.3. The number of carbonyl (C=O) groups excluding carboxylic acids is 1. The number of anilines is 1. The third-order valence-electron chi connectivity index (χ3n) is 4.83. The van der Waals surface area contributed by atoms with Crippen LogP contribution < -0.4 is 22.3 Å². The normalized spacial score (nSPS) is 13.4. The molecular weight excluding hydrogens is 452 g/mol. The first-order valence-corrected chi connectivity index (χ1v) is 12.2. The summed E-state index contributed by atoms with van der Waals surface area (Å²) < 4.78 is 0. The number of aliphatic imine (C=N–C) groups is 1. The molecule has 0 saturated carbocycles. The molecule has 0 bridgehead atoms. The third-order valence-corrected chi connectivity index (χ3v) is 4.83. The molecule has 0 fully saturated rings. The molecule has 36 heavy (non-hydrogen) atoms. The first-order valence-electron chi connectivity index (χ1n) is 12.2. The molecule has 1 unspecified atom stereocenters. The molecule has 0 radical (unpaired) electrons. The van der Waals surface area contributed by atoms with E-state index in [1.54, 1.807) is 0 Å². The Morgan fingerprint density at radius 1 is 1.31 bits per heavy atom. The zero-order valence-electron chi connectivity index (χ0n) is 22.4. The number of amides is 1. The number of carbonyl (C=O) groups is 1. The molecule has 8 N–H and O–H groups in total. The summed E-state index contributed by atoms with van der Waals surface area (Å²) in [5, 5.41) is 17.5. The highest BCUT2D eigenvalue weighted by Gasteiger charge is 2.21. The highest BCUT2D eigenvalue weighted by atomic mass is 16.5. The smallest absolute Gasteiger partial charge is 0.247 e. The van der Waals surface area contributed by atoms with Crippen molar-refractivity contribution in [2.45, 2.75) is 72.4 Å². The number of nitrogens with zero attached hydrogens (tertiary/aromatic N) is 1. The molecule has 8 nitrogen and oxygen atoms in total.